The maximum absolute atomic E-state index is 13.7. The van der Waals surface area contributed by atoms with Gasteiger partial charge in [0.2, 0.25) is 5.78 Å². The van der Waals surface area contributed by atoms with Gasteiger partial charge in [-0.1, -0.05) is 53.6 Å². The number of rotatable bonds is 6. The van der Waals surface area contributed by atoms with Gasteiger partial charge in [-0.05, 0) is 54.4 Å². The number of nitrogens with zero attached hydrogens (tertiary/aromatic N) is 1. The summed E-state index contributed by atoms with van der Waals surface area (Å²) in [5, 5.41) is 12.1. The summed E-state index contributed by atoms with van der Waals surface area (Å²) in [5.41, 5.74) is 3.11. The first-order valence-electron chi connectivity index (χ1n) is 11.5. The molecule has 4 aromatic rings. The zero-order chi connectivity index (χ0) is 26.3. The number of aliphatic hydroxyl groups excluding tert-OH is 1. The van der Waals surface area contributed by atoms with Crippen LogP contribution in [-0.4, -0.2) is 29.9 Å². The predicted octanol–water partition coefficient (Wildman–Crippen LogP) is 5.89. The number of esters is 1. The van der Waals surface area contributed by atoms with Gasteiger partial charge in [0.1, 0.15) is 5.58 Å². The Kier molecular flexibility index (Phi) is 6.31. The van der Waals surface area contributed by atoms with Crippen molar-refractivity contribution in [3.63, 3.8) is 0 Å². The third-order valence-corrected chi connectivity index (χ3v) is 6.54. The molecule has 7 nitrogen and oxygen atoms in total. The maximum Gasteiger partial charge on any atom is 0.309 e. The summed E-state index contributed by atoms with van der Waals surface area (Å²) in [4.78, 5) is 40.1. The summed E-state index contributed by atoms with van der Waals surface area (Å²) >= 11 is 6.08. The summed E-state index contributed by atoms with van der Waals surface area (Å²) in [7, 11) is 1.32. The first-order chi connectivity index (χ1) is 17.8. The van der Waals surface area contributed by atoms with E-state index in [-0.39, 0.29) is 23.7 Å². The molecule has 1 aliphatic heterocycles. The molecule has 8 heteroatoms. The van der Waals surface area contributed by atoms with Gasteiger partial charge >= 0.3 is 5.97 Å². The van der Waals surface area contributed by atoms with E-state index in [0.29, 0.717) is 32.8 Å². The van der Waals surface area contributed by atoms with Crippen molar-refractivity contribution < 1.29 is 28.6 Å². The summed E-state index contributed by atoms with van der Waals surface area (Å²) in [5.74, 6) is -2.36. The normalized spacial score (nSPS) is 15.5. The molecule has 37 heavy (non-hydrogen) atoms. The summed E-state index contributed by atoms with van der Waals surface area (Å²) in [6.45, 7) is 1.90. The van der Waals surface area contributed by atoms with Crippen LogP contribution in [0.1, 0.15) is 33.3 Å². The largest absolute Gasteiger partial charge is 0.503 e. The Bertz CT molecular complexity index is 1580. The zero-order valence-corrected chi connectivity index (χ0v) is 20.8. The zero-order valence-electron chi connectivity index (χ0n) is 20.0. The predicted molar refractivity (Wildman–Crippen MR) is 139 cm³/mol. The lowest BCUT2D eigenvalue weighted by atomic mass is 9.93. The molecule has 1 amide bonds. The minimum Gasteiger partial charge on any atom is -0.503 e. The monoisotopic (exact) mass is 515 g/mol. The van der Waals surface area contributed by atoms with Crippen LogP contribution in [0.4, 0.5) is 5.69 Å². The van der Waals surface area contributed by atoms with Crippen LogP contribution in [0.25, 0.3) is 11.0 Å². The fourth-order valence-electron chi connectivity index (χ4n) is 4.53. The number of fused-ring (bicyclic) bond motifs is 1. The third kappa shape index (κ3) is 4.49. The molecular formula is C29H22ClNO6. The molecule has 0 spiro atoms. The SMILES string of the molecule is COC(=O)Cc1ccc(N2C(=O)C(O)=C(C(=O)c3cc4cc(Cl)ccc4o3)C2c2cccc(C)c2)cc1. The number of Topliss-reactive ketones (excluding diaryl/α,β-unsaturated/α-hetero) is 1. The summed E-state index contributed by atoms with van der Waals surface area (Å²) in [6.07, 6.45) is 0.0787. The highest BCUT2D eigenvalue weighted by atomic mass is 35.5. The molecule has 1 aromatic heterocycles. The van der Waals surface area contributed by atoms with Gasteiger partial charge in [-0.3, -0.25) is 19.3 Å². The average Bonchev–Trinajstić information content (AvgIpc) is 3.42. The number of carbonyl (C=O) groups excluding carboxylic acids is 3. The molecule has 186 valence electrons. The highest BCUT2D eigenvalue weighted by Crippen LogP contribution is 2.42. The molecule has 0 aliphatic carbocycles. The van der Waals surface area contributed by atoms with E-state index in [9.17, 15) is 19.5 Å². The molecule has 1 N–H and O–H groups in total. The molecule has 0 bridgehead atoms. The lowest BCUT2D eigenvalue weighted by Gasteiger charge is -2.27. The number of furan rings is 1. The number of halogens is 1. The van der Waals surface area contributed by atoms with Crippen molar-refractivity contribution >= 4 is 45.9 Å². The number of aryl methyl sites for hydroxylation is 1. The van der Waals surface area contributed by atoms with Gasteiger partial charge in [0.25, 0.3) is 5.91 Å². The van der Waals surface area contributed by atoms with Crippen molar-refractivity contribution in [2.45, 2.75) is 19.4 Å². The van der Waals surface area contributed by atoms with Gasteiger partial charge in [-0.2, -0.15) is 0 Å². The van der Waals surface area contributed by atoms with Gasteiger partial charge in [-0.25, -0.2) is 0 Å². The number of carbonyl (C=O) groups is 3. The molecule has 1 unspecified atom stereocenters. The summed E-state index contributed by atoms with van der Waals surface area (Å²) in [6, 6.07) is 19.8. The number of amides is 1. The topological polar surface area (TPSA) is 97.0 Å². The fourth-order valence-corrected chi connectivity index (χ4v) is 4.71. The first kappa shape index (κ1) is 24.3. The molecular weight excluding hydrogens is 494 g/mol. The van der Waals surface area contributed by atoms with Crippen LogP contribution in [0.15, 0.2) is 88.5 Å². The maximum atomic E-state index is 13.7. The van der Waals surface area contributed by atoms with E-state index < -0.39 is 23.5 Å². The number of ketones is 1. The van der Waals surface area contributed by atoms with Crippen molar-refractivity contribution in [3.8, 4) is 0 Å². The van der Waals surface area contributed by atoms with Crippen LogP contribution < -0.4 is 4.90 Å². The number of aliphatic hydroxyl groups is 1. The highest BCUT2D eigenvalue weighted by molar-refractivity contribution is 6.31. The van der Waals surface area contributed by atoms with E-state index in [1.54, 1.807) is 54.6 Å². The van der Waals surface area contributed by atoms with Crippen molar-refractivity contribution in [1.82, 2.24) is 0 Å². The Morgan fingerprint density at radius 2 is 1.81 bits per heavy atom. The van der Waals surface area contributed by atoms with Crippen LogP contribution in [0.5, 0.6) is 0 Å². The Morgan fingerprint density at radius 3 is 2.51 bits per heavy atom. The summed E-state index contributed by atoms with van der Waals surface area (Å²) < 4.78 is 10.5. The molecule has 2 heterocycles. The molecule has 1 aliphatic rings. The second-order valence-electron chi connectivity index (χ2n) is 8.80. The number of benzene rings is 3. The van der Waals surface area contributed by atoms with Gasteiger partial charge in [0, 0.05) is 16.1 Å². The van der Waals surface area contributed by atoms with Crippen LogP contribution in [0.3, 0.4) is 0 Å². The van der Waals surface area contributed by atoms with E-state index in [1.165, 1.54) is 12.0 Å². The number of hydrogen-bond donors (Lipinski definition) is 1. The highest BCUT2D eigenvalue weighted by Gasteiger charge is 2.45. The second kappa shape index (κ2) is 9.59. The molecule has 0 fully saturated rings. The van der Waals surface area contributed by atoms with Crippen LogP contribution in [-0.2, 0) is 20.7 Å². The van der Waals surface area contributed by atoms with Crippen LogP contribution >= 0.6 is 11.6 Å². The average molecular weight is 516 g/mol. The molecule has 1 atom stereocenters. The molecule has 0 saturated heterocycles. The standard InChI is InChI=1S/C29H22ClNO6/c1-16-4-3-5-18(12-16)26-25(27(33)23-15-19-14-20(30)8-11-22(19)37-23)28(34)29(35)31(26)21-9-6-17(7-10-21)13-24(32)36-2/h3-12,14-15,26,34H,13H2,1-2H3. The van der Waals surface area contributed by atoms with Gasteiger partial charge < -0.3 is 14.3 Å². The second-order valence-corrected chi connectivity index (χ2v) is 9.23. The molecule has 0 radical (unpaired) electrons. The lowest BCUT2D eigenvalue weighted by Crippen LogP contribution is -2.31. The van der Waals surface area contributed by atoms with Crippen molar-refractivity contribution in [2.24, 2.45) is 0 Å². The third-order valence-electron chi connectivity index (χ3n) is 6.30. The molecule has 5 rings (SSSR count). The smallest absolute Gasteiger partial charge is 0.309 e. The van der Waals surface area contributed by atoms with Crippen molar-refractivity contribution in [3.05, 3.63) is 112 Å². The number of hydrogen-bond acceptors (Lipinski definition) is 6. The Hall–Kier alpha value is -4.36. The quantitative estimate of drug-likeness (QED) is 0.254. The van der Waals surface area contributed by atoms with E-state index in [2.05, 4.69) is 0 Å². The van der Waals surface area contributed by atoms with E-state index in [1.807, 2.05) is 25.1 Å². The lowest BCUT2D eigenvalue weighted by molar-refractivity contribution is -0.139. The van der Waals surface area contributed by atoms with Crippen molar-refractivity contribution in [2.75, 3.05) is 12.0 Å². The Morgan fingerprint density at radius 1 is 1.05 bits per heavy atom. The van der Waals surface area contributed by atoms with E-state index >= 15 is 0 Å². The van der Waals surface area contributed by atoms with Crippen molar-refractivity contribution in [1.29, 1.82) is 0 Å². The first-order valence-corrected chi connectivity index (χ1v) is 11.9. The number of anilines is 1. The van der Waals surface area contributed by atoms with Crippen LogP contribution in [0, 0.1) is 6.92 Å². The van der Waals surface area contributed by atoms with E-state index in [0.717, 1.165) is 5.56 Å². The Balaban J connectivity index is 1.59. The number of methoxy groups -OCH3 is 1. The number of ether oxygens (including phenoxy) is 1. The van der Waals surface area contributed by atoms with Gasteiger partial charge in [-0.15, -0.1) is 0 Å². The van der Waals surface area contributed by atoms with E-state index in [4.69, 9.17) is 20.8 Å². The minimum atomic E-state index is -0.900. The van der Waals surface area contributed by atoms with Gasteiger partial charge in [0.15, 0.2) is 11.5 Å². The minimum absolute atomic E-state index is 0.0143. The molecule has 0 saturated carbocycles. The van der Waals surface area contributed by atoms with Gasteiger partial charge in [0.05, 0.1) is 25.1 Å². The van der Waals surface area contributed by atoms with Crippen LogP contribution in [0.2, 0.25) is 5.02 Å². The molecule has 3 aromatic carbocycles. The fraction of sp³-hybridized carbons (Fsp3) is 0.138. The Labute approximate surface area is 217 Å².